The molecule has 6 nitrogen and oxygen atoms in total. The predicted molar refractivity (Wildman–Crippen MR) is 70.5 cm³/mol. The Kier molecular flexibility index (Phi) is 4.18. The molecule has 0 saturated heterocycles. The zero-order valence-corrected chi connectivity index (χ0v) is 11.3. The zero-order valence-electron chi connectivity index (χ0n) is 11.3. The van der Waals surface area contributed by atoms with Gasteiger partial charge in [0.25, 0.3) is 5.91 Å². The lowest BCUT2D eigenvalue weighted by molar-refractivity contribution is 0.0997. The molecular weight excluding hydrogens is 296 g/mol. The highest BCUT2D eigenvalue weighted by atomic mass is 19.2. The molecule has 1 aromatic carbocycles. The Morgan fingerprint density at radius 2 is 2.14 bits per heavy atom. The van der Waals surface area contributed by atoms with Gasteiger partial charge in [-0.25, -0.2) is 9.37 Å². The first-order chi connectivity index (χ1) is 10.5. The van der Waals surface area contributed by atoms with Gasteiger partial charge < -0.3 is 15.2 Å². The van der Waals surface area contributed by atoms with Crippen LogP contribution in [0, 0.1) is 23.0 Å². The van der Waals surface area contributed by atoms with E-state index in [1.54, 1.807) is 6.07 Å². The lowest BCUT2D eigenvalue weighted by atomic mass is 10.2. The highest BCUT2D eigenvalue weighted by Crippen LogP contribution is 2.35. The Hall–Kier alpha value is -3.21. The van der Waals surface area contributed by atoms with Crippen molar-refractivity contribution in [3.63, 3.8) is 0 Å². The summed E-state index contributed by atoms with van der Waals surface area (Å²) in [6.45, 7) is 0. The van der Waals surface area contributed by atoms with Gasteiger partial charge in [0, 0.05) is 6.20 Å². The summed E-state index contributed by atoms with van der Waals surface area (Å²) >= 11 is 0. The number of carbonyl (C=O) groups excluding carboxylic acids is 1. The number of hydrogen-bond acceptors (Lipinski definition) is 5. The summed E-state index contributed by atoms with van der Waals surface area (Å²) in [4.78, 5) is 15.2. The number of amides is 1. The Bertz CT molecular complexity index is 788. The minimum Gasteiger partial charge on any atom is -0.490 e. The molecule has 1 heterocycles. The maximum atomic E-state index is 13.6. The molecule has 0 saturated carbocycles. The van der Waals surface area contributed by atoms with Gasteiger partial charge in [-0.1, -0.05) is 0 Å². The van der Waals surface area contributed by atoms with E-state index < -0.39 is 23.3 Å². The van der Waals surface area contributed by atoms with Crippen LogP contribution in [0.4, 0.5) is 8.78 Å². The van der Waals surface area contributed by atoms with Crippen LogP contribution in [0.3, 0.4) is 0 Å². The van der Waals surface area contributed by atoms with Crippen molar-refractivity contribution >= 4 is 5.91 Å². The summed E-state index contributed by atoms with van der Waals surface area (Å²) < 4.78 is 36.8. The predicted octanol–water partition coefficient (Wildman–Crippen LogP) is 2.13. The molecule has 0 aliphatic carbocycles. The van der Waals surface area contributed by atoms with Crippen molar-refractivity contribution in [1.82, 2.24) is 4.98 Å². The molecule has 0 fully saturated rings. The van der Waals surface area contributed by atoms with Crippen molar-refractivity contribution in [3.8, 4) is 23.4 Å². The smallest absolute Gasteiger partial charge is 0.254 e. The third kappa shape index (κ3) is 2.78. The molecule has 0 bridgehead atoms. The van der Waals surface area contributed by atoms with Crippen LogP contribution in [0.5, 0.6) is 17.4 Å². The van der Waals surface area contributed by atoms with Crippen LogP contribution in [0.15, 0.2) is 24.4 Å². The third-order valence-electron chi connectivity index (χ3n) is 2.67. The lowest BCUT2D eigenvalue weighted by Gasteiger charge is -2.12. The van der Waals surface area contributed by atoms with Crippen LogP contribution in [0.1, 0.15) is 15.9 Å². The first-order valence-corrected chi connectivity index (χ1v) is 5.87. The van der Waals surface area contributed by atoms with Crippen molar-refractivity contribution < 1.29 is 23.0 Å². The molecule has 0 radical (unpaired) electrons. The number of halogens is 2. The van der Waals surface area contributed by atoms with Gasteiger partial charge in [0.2, 0.25) is 17.4 Å². The molecule has 22 heavy (non-hydrogen) atoms. The van der Waals surface area contributed by atoms with E-state index in [-0.39, 0.29) is 22.8 Å². The molecule has 2 aromatic rings. The minimum absolute atomic E-state index is 0.0957. The molecule has 2 N–H and O–H groups in total. The number of nitrogens with zero attached hydrogens (tertiary/aromatic N) is 2. The molecule has 0 unspecified atom stereocenters. The van der Waals surface area contributed by atoms with E-state index in [0.29, 0.717) is 0 Å². The Morgan fingerprint density at radius 1 is 1.41 bits per heavy atom. The van der Waals surface area contributed by atoms with Crippen LogP contribution in [-0.2, 0) is 0 Å². The summed E-state index contributed by atoms with van der Waals surface area (Å²) in [7, 11) is 1.13. The fourth-order valence-electron chi connectivity index (χ4n) is 1.66. The molecule has 1 aromatic heterocycles. The van der Waals surface area contributed by atoms with Gasteiger partial charge in [-0.15, -0.1) is 0 Å². The molecule has 2 rings (SSSR count). The molecule has 0 atom stereocenters. The number of nitrogens with two attached hydrogens (primary N) is 1. The number of primary amides is 1. The molecule has 1 amide bonds. The number of nitriles is 1. The normalized spacial score (nSPS) is 9.91. The zero-order chi connectivity index (χ0) is 16.3. The second-order valence-electron chi connectivity index (χ2n) is 4.05. The van der Waals surface area contributed by atoms with E-state index >= 15 is 0 Å². The lowest BCUT2D eigenvalue weighted by Crippen LogP contribution is -2.13. The van der Waals surface area contributed by atoms with E-state index in [1.807, 2.05) is 0 Å². The highest BCUT2D eigenvalue weighted by molar-refractivity contribution is 5.95. The van der Waals surface area contributed by atoms with Gasteiger partial charge in [0.1, 0.15) is 11.6 Å². The van der Waals surface area contributed by atoms with Crippen molar-refractivity contribution in [3.05, 3.63) is 47.2 Å². The minimum atomic E-state index is -1.24. The maximum Gasteiger partial charge on any atom is 0.254 e. The molecule has 0 aliphatic heterocycles. The van der Waals surface area contributed by atoms with Crippen LogP contribution >= 0.6 is 0 Å². The molecule has 0 aliphatic rings. The van der Waals surface area contributed by atoms with E-state index in [2.05, 4.69) is 4.98 Å². The van der Waals surface area contributed by atoms with E-state index in [0.717, 1.165) is 25.4 Å². The Balaban J connectivity index is 2.50. The van der Waals surface area contributed by atoms with Crippen molar-refractivity contribution in [2.45, 2.75) is 0 Å². The fraction of sp³-hybridized carbons (Fsp3) is 0.0714. The second kappa shape index (κ2) is 6.05. The van der Waals surface area contributed by atoms with E-state index in [9.17, 15) is 13.6 Å². The van der Waals surface area contributed by atoms with Gasteiger partial charge in [-0.2, -0.15) is 9.65 Å². The van der Waals surface area contributed by atoms with Crippen LogP contribution in [-0.4, -0.2) is 18.0 Å². The number of aromatic nitrogens is 1. The van der Waals surface area contributed by atoms with Gasteiger partial charge >= 0.3 is 0 Å². The van der Waals surface area contributed by atoms with Gasteiger partial charge in [0.15, 0.2) is 11.6 Å². The monoisotopic (exact) mass is 305 g/mol. The van der Waals surface area contributed by atoms with Gasteiger partial charge in [-0.3, -0.25) is 4.79 Å². The average molecular weight is 305 g/mol. The summed E-state index contributed by atoms with van der Waals surface area (Å²) in [5, 5.41) is 8.78. The number of carbonyl (C=O) groups is 1. The van der Waals surface area contributed by atoms with Crippen molar-refractivity contribution in [2.75, 3.05) is 7.11 Å². The number of hydrogen-bond donors (Lipinski definition) is 1. The van der Waals surface area contributed by atoms with E-state index in [4.69, 9.17) is 20.5 Å². The van der Waals surface area contributed by atoms with Gasteiger partial charge in [0.05, 0.1) is 12.7 Å². The number of rotatable bonds is 4. The Labute approximate surface area is 123 Å². The quantitative estimate of drug-likeness (QED) is 0.933. The second-order valence-corrected chi connectivity index (χ2v) is 4.05. The highest BCUT2D eigenvalue weighted by Gasteiger charge is 2.19. The first-order valence-electron chi connectivity index (χ1n) is 5.87. The van der Waals surface area contributed by atoms with Crippen molar-refractivity contribution in [1.29, 1.82) is 5.26 Å². The summed E-state index contributed by atoms with van der Waals surface area (Å²) in [5.41, 5.74) is 5.10. The van der Waals surface area contributed by atoms with Crippen LogP contribution < -0.4 is 15.2 Å². The average Bonchev–Trinajstić information content (AvgIpc) is 2.51. The third-order valence-corrected chi connectivity index (χ3v) is 2.67. The fourth-order valence-corrected chi connectivity index (χ4v) is 1.66. The number of benzene rings is 1. The summed E-state index contributed by atoms with van der Waals surface area (Å²) in [6, 6.07) is 4.92. The topological polar surface area (TPSA) is 98.2 Å². The SMILES string of the molecule is COc1c(Oc2ncc(C#N)cc2C(N)=O)ccc(F)c1F. The van der Waals surface area contributed by atoms with Crippen molar-refractivity contribution in [2.24, 2.45) is 5.73 Å². The molecule has 8 heteroatoms. The molecule has 112 valence electrons. The number of pyridine rings is 1. The van der Waals surface area contributed by atoms with Crippen LogP contribution in [0.25, 0.3) is 0 Å². The first kappa shape index (κ1) is 15.2. The maximum absolute atomic E-state index is 13.6. The summed E-state index contributed by atoms with van der Waals surface area (Å²) in [5.74, 6) is -4.18. The molecular formula is C14H9F2N3O3. The van der Waals surface area contributed by atoms with Crippen LogP contribution in [0.2, 0.25) is 0 Å². The summed E-state index contributed by atoms with van der Waals surface area (Å²) in [6.07, 6.45) is 1.15. The van der Waals surface area contributed by atoms with Gasteiger partial charge in [-0.05, 0) is 18.2 Å². The largest absolute Gasteiger partial charge is 0.490 e. The van der Waals surface area contributed by atoms with E-state index in [1.165, 1.54) is 6.07 Å². The number of methoxy groups -OCH3 is 1. The standard InChI is InChI=1S/C14H9F2N3O3/c1-21-12-10(3-2-9(15)11(12)16)22-14-8(13(18)20)4-7(5-17)6-19-14/h2-4,6H,1H3,(H2,18,20). The Morgan fingerprint density at radius 3 is 2.73 bits per heavy atom. The molecule has 0 spiro atoms. The number of ether oxygens (including phenoxy) is 2.